The summed E-state index contributed by atoms with van der Waals surface area (Å²) in [5, 5.41) is 3.77. The van der Waals surface area contributed by atoms with E-state index < -0.39 is 0 Å². The fourth-order valence-electron chi connectivity index (χ4n) is 3.75. The fraction of sp³-hybridized carbons (Fsp3) is 0.286. The van der Waals surface area contributed by atoms with Gasteiger partial charge in [0.15, 0.2) is 0 Å². The van der Waals surface area contributed by atoms with E-state index in [4.69, 9.17) is 11.6 Å². The monoisotopic (exact) mass is 385 g/mol. The van der Waals surface area contributed by atoms with Crippen LogP contribution in [-0.4, -0.2) is 35.4 Å². The number of hydrogen-bond donors (Lipinski definition) is 2. The molecule has 0 aliphatic carbocycles. The van der Waals surface area contributed by atoms with Gasteiger partial charge in [-0.2, -0.15) is 0 Å². The van der Waals surface area contributed by atoms with Crippen LogP contribution in [0, 0.1) is 5.82 Å². The molecule has 2 aromatic carbocycles. The number of aromatic nitrogens is 1. The van der Waals surface area contributed by atoms with Crippen molar-refractivity contribution in [1.29, 1.82) is 0 Å². The standard InChI is InChI=1S/C21H21ClFN3O/c22-19-16-12-15(23)8-9-17(16)25-20(19)21(27)24-13-18(26-10-4-5-11-26)14-6-2-1-3-7-14/h1-3,6-9,12,18,25H,4-5,10-11,13H2,(H,24,27)/t18-/m1/s1. The van der Waals surface area contributed by atoms with Crippen molar-refractivity contribution < 1.29 is 9.18 Å². The number of benzene rings is 2. The summed E-state index contributed by atoms with van der Waals surface area (Å²) >= 11 is 6.31. The molecule has 1 saturated heterocycles. The van der Waals surface area contributed by atoms with E-state index in [2.05, 4.69) is 27.3 Å². The molecule has 1 atom stereocenters. The highest BCUT2D eigenvalue weighted by molar-refractivity contribution is 6.38. The number of likely N-dealkylation sites (tertiary alicyclic amines) is 1. The summed E-state index contributed by atoms with van der Waals surface area (Å²) in [4.78, 5) is 18.1. The zero-order chi connectivity index (χ0) is 18.8. The summed E-state index contributed by atoms with van der Waals surface area (Å²) in [6, 6.07) is 14.6. The highest BCUT2D eigenvalue weighted by Gasteiger charge is 2.25. The minimum absolute atomic E-state index is 0.123. The van der Waals surface area contributed by atoms with E-state index in [0.717, 1.165) is 13.1 Å². The van der Waals surface area contributed by atoms with Crippen LogP contribution in [-0.2, 0) is 0 Å². The van der Waals surface area contributed by atoms with Gasteiger partial charge in [0.1, 0.15) is 11.5 Å². The first-order valence-corrected chi connectivity index (χ1v) is 9.55. The van der Waals surface area contributed by atoms with Crippen molar-refractivity contribution in [3.8, 4) is 0 Å². The number of rotatable bonds is 5. The minimum atomic E-state index is -0.381. The topological polar surface area (TPSA) is 48.1 Å². The van der Waals surface area contributed by atoms with Gasteiger partial charge in [-0.3, -0.25) is 9.69 Å². The highest BCUT2D eigenvalue weighted by atomic mass is 35.5. The van der Waals surface area contributed by atoms with Crippen molar-refractivity contribution in [2.24, 2.45) is 0 Å². The molecule has 1 aliphatic heterocycles. The van der Waals surface area contributed by atoms with E-state index in [-0.39, 0.29) is 28.5 Å². The molecular weight excluding hydrogens is 365 g/mol. The Hall–Kier alpha value is -2.37. The van der Waals surface area contributed by atoms with Gasteiger partial charge >= 0.3 is 0 Å². The molecule has 1 aliphatic rings. The van der Waals surface area contributed by atoms with Crippen molar-refractivity contribution in [2.45, 2.75) is 18.9 Å². The number of aromatic amines is 1. The van der Waals surface area contributed by atoms with E-state index in [0.29, 0.717) is 17.4 Å². The molecule has 0 bridgehead atoms. The van der Waals surface area contributed by atoms with Gasteiger partial charge in [-0.15, -0.1) is 0 Å². The number of hydrogen-bond acceptors (Lipinski definition) is 2. The van der Waals surface area contributed by atoms with Crippen molar-refractivity contribution in [2.75, 3.05) is 19.6 Å². The van der Waals surface area contributed by atoms with Crippen molar-refractivity contribution in [3.05, 3.63) is 70.6 Å². The first-order chi connectivity index (χ1) is 13.1. The van der Waals surface area contributed by atoms with Gasteiger partial charge in [-0.1, -0.05) is 41.9 Å². The Kier molecular flexibility index (Phi) is 5.14. The molecule has 1 aromatic heterocycles. The Labute approximate surface area is 162 Å². The number of amides is 1. The lowest BCUT2D eigenvalue weighted by atomic mass is 10.1. The van der Waals surface area contributed by atoms with Crippen LogP contribution in [0.1, 0.15) is 34.9 Å². The number of carbonyl (C=O) groups is 1. The van der Waals surface area contributed by atoms with E-state index in [1.54, 1.807) is 6.07 Å². The zero-order valence-electron chi connectivity index (χ0n) is 14.8. The fourth-order valence-corrected chi connectivity index (χ4v) is 4.04. The molecule has 6 heteroatoms. The second-order valence-corrected chi connectivity index (χ2v) is 7.26. The van der Waals surface area contributed by atoms with Gasteiger partial charge in [0.05, 0.1) is 11.1 Å². The molecule has 2 N–H and O–H groups in total. The van der Waals surface area contributed by atoms with Crippen molar-refractivity contribution in [3.63, 3.8) is 0 Å². The number of nitrogens with zero attached hydrogens (tertiary/aromatic N) is 1. The molecule has 4 rings (SSSR count). The summed E-state index contributed by atoms with van der Waals surface area (Å²) < 4.78 is 13.5. The molecule has 4 nitrogen and oxygen atoms in total. The first kappa shape index (κ1) is 18.0. The molecular formula is C21H21ClFN3O. The lowest BCUT2D eigenvalue weighted by molar-refractivity contribution is 0.0934. The van der Waals surface area contributed by atoms with Crippen LogP contribution in [0.4, 0.5) is 4.39 Å². The second-order valence-electron chi connectivity index (χ2n) is 6.88. The van der Waals surface area contributed by atoms with Crippen LogP contribution in [0.15, 0.2) is 48.5 Å². The Morgan fingerprint density at radius 1 is 1.19 bits per heavy atom. The van der Waals surface area contributed by atoms with Crippen LogP contribution in [0.3, 0.4) is 0 Å². The number of halogens is 2. The van der Waals surface area contributed by atoms with Crippen LogP contribution in [0.25, 0.3) is 10.9 Å². The number of nitrogens with one attached hydrogen (secondary N) is 2. The Morgan fingerprint density at radius 2 is 1.93 bits per heavy atom. The number of H-pyrrole nitrogens is 1. The third-order valence-corrected chi connectivity index (χ3v) is 5.54. The van der Waals surface area contributed by atoms with Gasteiger partial charge in [-0.25, -0.2) is 4.39 Å². The van der Waals surface area contributed by atoms with Crippen LogP contribution in [0.5, 0.6) is 0 Å². The maximum atomic E-state index is 13.5. The number of carbonyl (C=O) groups excluding carboxylic acids is 1. The van der Waals surface area contributed by atoms with Gasteiger partial charge in [0.2, 0.25) is 0 Å². The molecule has 2 heterocycles. The first-order valence-electron chi connectivity index (χ1n) is 9.17. The molecule has 27 heavy (non-hydrogen) atoms. The summed E-state index contributed by atoms with van der Waals surface area (Å²) in [7, 11) is 0. The average molecular weight is 386 g/mol. The minimum Gasteiger partial charge on any atom is -0.349 e. The highest BCUT2D eigenvalue weighted by Crippen LogP contribution is 2.29. The van der Waals surface area contributed by atoms with Gasteiger partial charge < -0.3 is 10.3 Å². The Balaban J connectivity index is 1.54. The summed E-state index contributed by atoms with van der Waals surface area (Å²) in [6.07, 6.45) is 2.35. The van der Waals surface area contributed by atoms with E-state index >= 15 is 0 Å². The maximum Gasteiger partial charge on any atom is 0.269 e. The third-order valence-electron chi connectivity index (χ3n) is 5.15. The predicted molar refractivity (Wildman–Crippen MR) is 106 cm³/mol. The van der Waals surface area contributed by atoms with Crippen LogP contribution >= 0.6 is 11.6 Å². The molecule has 0 radical (unpaired) electrons. The van der Waals surface area contributed by atoms with Gasteiger partial charge in [-0.05, 0) is 49.7 Å². The molecule has 1 fully saturated rings. The third kappa shape index (κ3) is 3.70. The van der Waals surface area contributed by atoms with Gasteiger partial charge in [0, 0.05) is 17.4 Å². The quantitative estimate of drug-likeness (QED) is 0.678. The van der Waals surface area contributed by atoms with Crippen LogP contribution in [0.2, 0.25) is 5.02 Å². The van der Waals surface area contributed by atoms with Crippen LogP contribution < -0.4 is 5.32 Å². The normalized spacial score (nSPS) is 15.9. The second kappa shape index (κ2) is 7.71. The van der Waals surface area contributed by atoms with Crippen molar-refractivity contribution >= 4 is 28.4 Å². The average Bonchev–Trinajstić information content (AvgIpc) is 3.32. The van der Waals surface area contributed by atoms with E-state index in [9.17, 15) is 9.18 Å². The van der Waals surface area contributed by atoms with Crippen molar-refractivity contribution in [1.82, 2.24) is 15.2 Å². The largest absolute Gasteiger partial charge is 0.349 e. The molecule has 1 amide bonds. The molecule has 3 aromatic rings. The smallest absolute Gasteiger partial charge is 0.269 e. The Morgan fingerprint density at radius 3 is 2.67 bits per heavy atom. The lowest BCUT2D eigenvalue weighted by Gasteiger charge is -2.28. The van der Waals surface area contributed by atoms with Gasteiger partial charge in [0.25, 0.3) is 5.91 Å². The Bertz CT molecular complexity index is 951. The van der Waals surface area contributed by atoms with E-state index in [1.165, 1.54) is 30.5 Å². The lowest BCUT2D eigenvalue weighted by Crippen LogP contribution is -2.37. The maximum absolute atomic E-state index is 13.5. The molecule has 0 unspecified atom stereocenters. The summed E-state index contributed by atoms with van der Waals surface area (Å²) in [6.45, 7) is 2.55. The summed E-state index contributed by atoms with van der Waals surface area (Å²) in [5.74, 6) is -0.662. The molecule has 0 spiro atoms. The molecule has 0 saturated carbocycles. The predicted octanol–water partition coefficient (Wildman–Crippen LogP) is 4.53. The van der Waals surface area contributed by atoms with E-state index in [1.807, 2.05) is 18.2 Å². The number of fused-ring (bicyclic) bond motifs is 1. The SMILES string of the molecule is O=C(NC[C@H](c1ccccc1)N1CCCC1)c1[nH]c2ccc(F)cc2c1Cl. The summed E-state index contributed by atoms with van der Waals surface area (Å²) in [5.41, 5.74) is 2.10. The zero-order valence-corrected chi connectivity index (χ0v) is 15.6. The molecule has 140 valence electrons.